The first-order valence-electron chi connectivity index (χ1n) is 8.93. The Balaban J connectivity index is 1.84. The third-order valence-corrected chi connectivity index (χ3v) is 5.25. The Morgan fingerprint density at radius 1 is 1.10 bits per heavy atom. The first-order valence-corrected chi connectivity index (χ1v) is 9.73. The first kappa shape index (κ1) is 21.8. The molecule has 2 N–H and O–H groups in total. The molecule has 1 unspecified atom stereocenters. The van der Waals surface area contributed by atoms with Gasteiger partial charge in [0.15, 0.2) is 0 Å². The molecule has 1 aliphatic heterocycles. The molecule has 0 aromatic heterocycles. The lowest BCUT2D eigenvalue weighted by molar-refractivity contribution is -0.137. The highest BCUT2D eigenvalue weighted by molar-refractivity contribution is 9.10. The molecular weight excluding hydrogens is 467 g/mol. The summed E-state index contributed by atoms with van der Waals surface area (Å²) in [6, 6.07) is 9.62. The molecular formula is C20H17BrF3N3O3. The van der Waals surface area contributed by atoms with Crippen molar-refractivity contribution in [1.82, 2.24) is 0 Å². The molecule has 2 aromatic rings. The van der Waals surface area contributed by atoms with Crippen molar-refractivity contribution in [2.24, 2.45) is 5.92 Å². The van der Waals surface area contributed by atoms with Crippen LogP contribution in [0.25, 0.3) is 0 Å². The van der Waals surface area contributed by atoms with Crippen LogP contribution in [-0.2, 0) is 20.6 Å². The third kappa shape index (κ3) is 4.64. The molecule has 3 rings (SSSR count). The molecule has 6 nitrogen and oxygen atoms in total. The first-order chi connectivity index (χ1) is 14.1. The average Bonchev–Trinajstić information content (AvgIpc) is 3.03. The fourth-order valence-corrected chi connectivity index (χ4v) is 3.67. The Morgan fingerprint density at radius 3 is 2.43 bits per heavy atom. The van der Waals surface area contributed by atoms with E-state index in [9.17, 15) is 27.6 Å². The van der Waals surface area contributed by atoms with Crippen LogP contribution in [0.5, 0.6) is 0 Å². The van der Waals surface area contributed by atoms with Crippen LogP contribution in [0.1, 0.15) is 18.9 Å². The van der Waals surface area contributed by atoms with Crippen LogP contribution in [0.4, 0.5) is 30.2 Å². The largest absolute Gasteiger partial charge is 0.416 e. The van der Waals surface area contributed by atoms with Crippen molar-refractivity contribution in [1.29, 1.82) is 0 Å². The Morgan fingerprint density at radius 2 is 1.80 bits per heavy atom. The molecule has 1 aliphatic rings. The zero-order valence-electron chi connectivity index (χ0n) is 15.7. The number of nitrogens with zero attached hydrogens (tertiary/aromatic N) is 1. The van der Waals surface area contributed by atoms with E-state index in [2.05, 4.69) is 26.6 Å². The number of anilines is 3. The molecule has 0 radical (unpaired) electrons. The van der Waals surface area contributed by atoms with Crippen molar-refractivity contribution < 1.29 is 27.6 Å². The monoisotopic (exact) mass is 483 g/mol. The van der Waals surface area contributed by atoms with Gasteiger partial charge in [0.1, 0.15) is 5.92 Å². The summed E-state index contributed by atoms with van der Waals surface area (Å²) in [5.41, 5.74) is -0.593. The molecule has 1 fully saturated rings. The minimum absolute atomic E-state index is 0.0111. The van der Waals surface area contributed by atoms with Crippen LogP contribution in [0.15, 0.2) is 46.9 Å². The van der Waals surface area contributed by atoms with E-state index in [1.54, 1.807) is 24.3 Å². The molecule has 1 saturated heterocycles. The van der Waals surface area contributed by atoms with Gasteiger partial charge in [0, 0.05) is 17.9 Å². The molecule has 30 heavy (non-hydrogen) atoms. The summed E-state index contributed by atoms with van der Waals surface area (Å²) in [5, 5.41) is 4.75. The summed E-state index contributed by atoms with van der Waals surface area (Å²) in [6.07, 6.45) is -4.42. The highest BCUT2D eigenvalue weighted by Gasteiger charge is 2.39. The maximum atomic E-state index is 13.1. The number of hydrogen-bond donors (Lipinski definition) is 2. The average molecular weight is 484 g/mol. The zero-order chi connectivity index (χ0) is 22.1. The van der Waals surface area contributed by atoms with Crippen molar-refractivity contribution in [3.05, 3.63) is 52.5 Å². The smallest absolute Gasteiger partial charge is 0.325 e. The summed E-state index contributed by atoms with van der Waals surface area (Å²) in [4.78, 5) is 38.3. The summed E-state index contributed by atoms with van der Waals surface area (Å²) in [5.74, 6) is -2.76. The number of halogens is 4. The van der Waals surface area contributed by atoms with Gasteiger partial charge in [-0.1, -0.05) is 12.1 Å². The number of amides is 3. The van der Waals surface area contributed by atoms with Crippen LogP contribution in [0.2, 0.25) is 0 Å². The Kier molecular flexibility index (Phi) is 6.16. The third-order valence-electron chi connectivity index (χ3n) is 4.58. The Bertz CT molecular complexity index is 1010. The van der Waals surface area contributed by atoms with Crippen molar-refractivity contribution in [2.75, 3.05) is 22.1 Å². The molecule has 1 heterocycles. The van der Waals surface area contributed by atoms with Gasteiger partial charge in [0.05, 0.1) is 22.6 Å². The normalized spacial score (nSPS) is 16.5. The number of alkyl halides is 3. The predicted octanol–water partition coefficient (Wildman–Crippen LogP) is 4.42. The van der Waals surface area contributed by atoms with E-state index in [1.807, 2.05) is 0 Å². The number of hydrogen-bond acceptors (Lipinski definition) is 3. The van der Waals surface area contributed by atoms with Gasteiger partial charge >= 0.3 is 6.18 Å². The predicted molar refractivity (Wildman–Crippen MR) is 109 cm³/mol. The van der Waals surface area contributed by atoms with E-state index in [0.29, 0.717) is 16.7 Å². The minimum atomic E-state index is -4.63. The summed E-state index contributed by atoms with van der Waals surface area (Å²) in [6.45, 7) is 1.49. The van der Waals surface area contributed by atoms with E-state index in [1.165, 1.54) is 11.8 Å². The van der Waals surface area contributed by atoms with Crippen molar-refractivity contribution >= 4 is 50.7 Å². The van der Waals surface area contributed by atoms with Crippen LogP contribution < -0.4 is 15.5 Å². The van der Waals surface area contributed by atoms with E-state index >= 15 is 0 Å². The van der Waals surface area contributed by atoms with Crippen LogP contribution >= 0.6 is 15.9 Å². The molecule has 0 bridgehead atoms. The topological polar surface area (TPSA) is 78.5 Å². The second-order valence-electron chi connectivity index (χ2n) is 6.71. The van der Waals surface area contributed by atoms with Crippen molar-refractivity contribution in [2.45, 2.75) is 19.5 Å². The quantitative estimate of drug-likeness (QED) is 0.631. The van der Waals surface area contributed by atoms with Gasteiger partial charge in [-0.05, 0) is 52.7 Å². The second kappa shape index (κ2) is 8.47. The van der Waals surface area contributed by atoms with E-state index in [-0.39, 0.29) is 17.8 Å². The molecule has 158 valence electrons. The van der Waals surface area contributed by atoms with Gasteiger partial charge in [-0.25, -0.2) is 0 Å². The Labute approximate surface area is 178 Å². The molecule has 3 amide bonds. The second-order valence-corrected chi connectivity index (χ2v) is 7.57. The molecule has 0 aliphatic carbocycles. The number of nitrogens with one attached hydrogen (secondary N) is 2. The fourth-order valence-electron chi connectivity index (χ4n) is 3.18. The lowest BCUT2D eigenvalue weighted by Crippen LogP contribution is -2.33. The van der Waals surface area contributed by atoms with Crippen LogP contribution in [0.3, 0.4) is 0 Å². The van der Waals surface area contributed by atoms with E-state index < -0.39 is 35.4 Å². The van der Waals surface area contributed by atoms with E-state index in [4.69, 9.17) is 0 Å². The van der Waals surface area contributed by atoms with Crippen molar-refractivity contribution in [3.63, 3.8) is 0 Å². The molecule has 1 atom stereocenters. The SMILES string of the molecule is CC(=O)Nc1ccc(C(F)(F)F)cc1NC(=O)C1CCN(c2ccccc2Br)C1=O. The van der Waals surface area contributed by atoms with Gasteiger partial charge in [0.25, 0.3) is 0 Å². The number of para-hydroxylation sites is 1. The number of carbonyl (C=O) groups excluding carboxylic acids is 3. The van der Waals surface area contributed by atoms with Gasteiger partial charge in [0.2, 0.25) is 17.7 Å². The lowest BCUT2D eigenvalue weighted by Gasteiger charge is -2.19. The molecule has 0 spiro atoms. The zero-order valence-corrected chi connectivity index (χ0v) is 17.3. The Hall–Kier alpha value is -2.88. The van der Waals surface area contributed by atoms with Gasteiger partial charge in [-0.15, -0.1) is 0 Å². The molecule has 10 heteroatoms. The van der Waals surface area contributed by atoms with Gasteiger partial charge in [-0.3, -0.25) is 14.4 Å². The number of carbonyl (C=O) groups is 3. The highest BCUT2D eigenvalue weighted by Crippen LogP contribution is 2.35. The maximum Gasteiger partial charge on any atom is 0.416 e. The fraction of sp³-hybridized carbons (Fsp3) is 0.250. The van der Waals surface area contributed by atoms with Crippen LogP contribution in [-0.4, -0.2) is 24.3 Å². The summed E-state index contributed by atoms with van der Waals surface area (Å²) < 4.78 is 39.9. The lowest BCUT2D eigenvalue weighted by atomic mass is 10.1. The van der Waals surface area contributed by atoms with Crippen molar-refractivity contribution in [3.8, 4) is 0 Å². The molecule has 0 saturated carbocycles. The molecule has 2 aromatic carbocycles. The van der Waals surface area contributed by atoms with Gasteiger partial charge in [-0.2, -0.15) is 13.2 Å². The van der Waals surface area contributed by atoms with Gasteiger partial charge < -0.3 is 15.5 Å². The number of benzene rings is 2. The van der Waals surface area contributed by atoms with Crippen LogP contribution in [0, 0.1) is 5.92 Å². The summed E-state index contributed by atoms with van der Waals surface area (Å²) >= 11 is 3.36. The van der Waals surface area contributed by atoms with E-state index in [0.717, 1.165) is 18.2 Å². The maximum absolute atomic E-state index is 13.1. The minimum Gasteiger partial charge on any atom is -0.325 e. The number of rotatable bonds is 4. The standard InChI is InChI=1S/C20H17BrF3N3O3/c1-11(28)25-15-7-6-12(20(22,23)24)10-16(15)26-18(29)13-8-9-27(19(13)30)17-5-3-2-4-14(17)21/h2-7,10,13H,8-9H2,1H3,(H,25,28)(H,26,29). The summed E-state index contributed by atoms with van der Waals surface area (Å²) in [7, 11) is 0. The highest BCUT2D eigenvalue weighted by atomic mass is 79.9.